The molecule has 0 bridgehead atoms. The van der Waals surface area contributed by atoms with Gasteiger partial charge in [-0.2, -0.15) is 0 Å². The van der Waals surface area contributed by atoms with Gasteiger partial charge in [0.2, 0.25) is 0 Å². The number of aryl methyl sites for hydroxylation is 1. The number of halogens is 1. The van der Waals surface area contributed by atoms with Gasteiger partial charge in [0.15, 0.2) is 5.78 Å². The van der Waals surface area contributed by atoms with Gasteiger partial charge in [0.25, 0.3) is 0 Å². The molecule has 0 saturated carbocycles. The summed E-state index contributed by atoms with van der Waals surface area (Å²) in [5.74, 6) is -0.980. The molecule has 3 aromatic rings. The number of Topliss-reactive ketones (excluding diaryl/α,β-unsaturated/α-hetero) is 1. The van der Waals surface area contributed by atoms with Gasteiger partial charge >= 0.3 is 5.97 Å². The smallest absolute Gasteiger partial charge is 0.325 e. The molecular formula is C20H19FN2O3. The Kier molecular flexibility index (Phi) is 5.11. The summed E-state index contributed by atoms with van der Waals surface area (Å²) in [5, 5.41) is 0.491. The highest BCUT2D eigenvalue weighted by Crippen LogP contribution is 2.24. The first kappa shape index (κ1) is 17.8. The van der Waals surface area contributed by atoms with E-state index in [0.29, 0.717) is 16.5 Å². The molecule has 0 radical (unpaired) electrons. The standard InChI is InChI=1S/C20H19FN2O3/c1-3-26-20(25)12-23-11-17(16-10-15(21)4-5-18(16)23)19(24)9-14-6-7-22-13(2)8-14/h4-8,10-11H,3,9,12H2,1-2H3. The van der Waals surface area contributed by atoms with Gasteiger partial charge in [0, 0.05) is 41.0 Å². The molecular weight excluding hydrogens is 335 g/mol. The van der Waals surface area contributed by atoms with Gasteiger partial charge in [-0.3, -0.25) is 14.6 Å². The van der Waals surface area contributed by atoms with E-state index in [-0.39, 0.29) is 25.4 Å². The summed E-state index contributed by atoms with van der Waals surface area (Å²) in [5.41, 5.74) is 2.67. The number of carbonyl (C=O) groups excluding carboxylic acids is 2. The van der Waals surface area contributed by atoms with Crippen LogP contribution in [0.2, 0.25) is 0 Å². The molecule has 0 unspecified atom stereocenters. The number of carbonyl (C=O) groups is 2. The van der Waals surface area contributed by atoms with E-state index in [0.717, 1.165) is 11.3 Å². The van der Waals surface area contributed by atoms with E-state index in [4.69, 9.17) is 4.74 Å². The molecule has 3 rings (SSSR count). The molecule has 0 N–H and O–H groups in total. The number of fused-ring (bicyclic) bond motifs is 1. The van der Waals surface area contributed by atoms with Gasteiger partial charge < -0.3 is 9.30 Å². The quantitative estimate of drug-likeness (QED) is 0.502. The zero-order valence-corrected chi connectivity index (χ0v) is 14.7. The van der Waals surface area contributed by atoms with Gasteiger partial charge in [-0.25, -0.2) is 4.39 Å². The third-order valence-electron chi connectivity index (χ3n) is 4.07. The zero-order chi connectivity index (χ0) is 18.7. The molecule has 2 aromatic heterocycles. The molecule has 0 fully saturated rings. The van der Waals surface area contributed by atoms with Gasteiger partial charge in [-0.15, -0.1) is 0 Å². The monoisotopic (exact) mass is 354 g/mol. The topological polar surface area (TPSA) is 61.2 Å². The fourth-order valence-electron chi connectivity index (χ4n) is 2.96. The average molecular weight is 354 g/mol. The van der Waals surface area contributed by atoms with E-state index in [1.54, 1.807) is 36.0 Å². The largest absolute Gasteiger partial charge is 0.465 e. The first-order valence-corrected chi connectivity index (χ1v) is 8.36. The second-order valence-electron chi connectivity index (χ2n) is 6.04. The lowest BCUT2D eigenvalue weighted by Crippen LogP contribution is -2.12. The molecule has 0 amide bonds. The third kappa shape index (κ3) is 3.79. The second kappa shape index (κ2) is 7.47. The van der Waals surface area contributed by atoms with Crippen LogP contribution in [0.4, 0.5) is 4.39 Å². The highest BCUT2D eigenvalue weighted by molar-refractivity contribution is 6.09. The zero-order valence-electron chi connectivity index (χ0n) is 14.7. The van der Waals surface area contributed by atoms with Crippen LogP contribution in [0.5, 0.6) is 0 Å². The number of ether oxygens (including phenoxy) is 1. The van der Waals surface area contributed by atoms with Crippen molar-refractivity contribution in [2.45, 2.75) is 26.8 Å². The van der Waals surface area contributed by atoms with E-state index in [1.807, 2.05) is 13.0 Å². The molecule has 26 heavy (non-hydrogen) atoms. The number of hydrogen-bond donors (Lipinski definition) is 0. The number of hydrogen-bond acceptors (Lipinski definition) is 4. The normalized spacial score (nSPS) is 10.9. The van der Waals surface area contributed by atoms with Crippen LogP contribution in [0, 0.1) is 12.7 Å². The van der Waals surface area contributed by atoms with E-state index in [1.165, 1.54) is 12.1 Å². The molecule has 5 nitrogen and oxygen atoms in total. The van der Waals surface area contributed by atoms with Crippen molar-refractivity contribution in [1.82, 2.24) is 9.55 Å². The molecule has 0 atom stereocenters. The maximum atomic E-state index is 13.7. The molecule has 0 aliphatic rings. The van der Waals surface area contributed by atoms with Crippen LogP contribution in [-0.4, -0.2) is 27.9 Å². The maximum absolute atomic E-state index is 13.7. The minimum Gasteiger partial charge on any atom is -0.465 e. The molecule has 1 aromatic carbocycles. The van der Waals surface area contributed by atoms with Crippen molar-refractivity contribution in [3.63, 3.8) is 0 Å². The Morgan fingerprint density at radius 2 is 2.04 bits per heavy atom. The van der Waals surface area contributed by atoms with E-state index in [9.17, 15) is 14.0 Å². The summed E-state index contributed by atoms with van der Waals surface area (Å²) in [4.78, 5) is 28.7. The molecule has 0 aliphatic carbocycles. The van der Waals surface area contributed by atoms with Crippen LogP contribution in [0.3, 0.4) is 0 Å². The van der Waals surface area contributed by atoms with Crippen molar-refractivity contribution >= 4 is 22.7 Å². The Balaban J connectivity index is 1.97. The number of pyridine rings is 1. The van der Waals surface area contributed by atoms with Crippen LogP contribution in [0.25, 0.3) is 10.9 Å². The maximum Gasteiger partial charge on any atom is 0.325 e. The van der Waals surface area contributed by atoms with Gasteiger partial charge in [0.1, 0.15) is 12.4 Å². The van der Waals surface area contributed by atoms with Gasteiger partial charge in [0.05, 0.1) is 6.61 Å². The van der Waals surface area contributed by atoms with Crippen LogP contribution in [-0.2, 0) is 22.5 Å². The number of esters is 1. The van der Waals surface area contributed by atoms with Crippen molar-refractivity contribution in [3.8, 4) is 0 Å². The van der Waals surface area contributed by atoms with Crippen LogP contribution in [0.15, 0.2) is 42.7 Å². The minimum atomic E-state index is -0.430. The summed E-state index contributed by atoms with van der Waals surface area (Å²) in [6, 6.07) is 7.82. The predicted molar refractivity (Wildman–Crippen MR) is 95.5 cm³/mol. The van der Waals surface area contributed by atoms with Crippen molar-refractivity contribution in [1.29, 1.82) is 0 Å². The van der Waals surface area contributed by atoms with Crippen molar-refractivity contribution < 1.29 is 18.7 Å². The van der Waals surface area contributed by atoms with E-state index < -0.39 is 11.8 Å². The molecule has 0 spiro atoms. The van der Waals surface area contributed by atoms with E-state index in [2.05, 4.69) is 4.98 Å². The van der Waals surface area contributed by atoms with Crippen LogP contribution < -0.4 is 0 Å². The lowest BCUT2D eigenvalue weighted by Gasteiger charge is -2.04. The summed E-state index contributed by atoms with van der Waals surface area (Å²) in [7, 11) is 0. The number of ketones is 1. The first-order chi connectivity index (χ1) is 12.5. The van der Waals surface area contributed by atoms with Crippen molar-refractivity contribution in [2.75, 3.05) is 6.61 Å². The molecule has 2 heterocycles. The Morgan fingerprint density at radius 1 is 1.23 bits per heavy atom. The van der Waals surface area contributed by atoms with Crippen LogP contribution in [0.1, 0.15) is 28.5 Å². The number of rotatable bonds is 6. The third-order valence-corrected chi connectivity index (χ3v) is 4.07. The summed E-state index contributed by atoms with van der Waals surface area (Å²) >= 11 is 0. The SMILES string of the molecule is CCOC(=O)Cn1cc(C(=O)Cc2ccnc(C)c2)c2cc(F)ccc21. The lowest BCUT2D eigenvalue weighted by molar-refractivity contribution is -0.143. The molecule has 134 valence electrons. The van der Waals surface area contributed by atoms with Crippen molar-refractivity contribution in [2.24, 2.45) is 0 Å². The Bertz CT molecular complexity index is 978. The summed E-state index contributed by atoms with van der Waals surface area (Å²) < 4.78 is 20.3. The fourth-order valence-corrected chi connectivity index (χ4v) is 2.96. The minimum absolute atomic E-state index is 0.0301. The van der Waals surface area contributed by atoms with Gasteiger partial charge in [-0.05, 0) is 49.7 Å². The van der Waals surface area contributed by atoms with Crippen molar-refractivity contribution in [3.05, 3.63) is 65.4 Å². The number of benzene rings is 1. The summed E-state index contributed by atoms with van der Waals surface area (Å²) in [6.45, 7) is 3.83. The first-order valence-electron chi connectivity index (χ1n) is 8.36. The molecule has 0 aliphatic heterocycles. The Morgan fingerprint density at radius 3 is 2.77 bits per heavy atom. The molecule has 0 saturated heterocycles. The second-order valence-corrected chi connectivity index (χ2v) is 6.04. The van der Waals surface area contributed by atoms with E-state index >= 15 is 0 Å². The Labute approximate surface area is 150 Å². The van der Waals surface area contributed by atoms with Gasteiger partial charge in [-0.1, -0.05) is 0 Å². The Hall–Kier alpha value is -3.02. The highest BCUT2D eigenvalue weighted by atomic mass is 19.1. The lowest BCUT2D eigenvalue weighted by atomic mass is 10.0. The summed E-state index contributed by atoms with van der Waals surface area (Å²) in [6.07, 6.45) is 3.43. The number of nitrogens with zero attached hydrogens (tertiary/aromatic N) is 2. The highest BCUT2D eigenvalue weighted by Gasteiger charge is 2.18. The number of aromatic nitrogens is 2. The average Bonchev–Trinajstić information content (AvgIpc) is 2.93. The van der Waals surface area contributed by atoms with Crippen LogP contribution >= 0.6 is 0 Å². The fraction of sp³-hybridized carbons (Fsp3) is 0.250. The molecule has 6 heteroatoms. The predicted octanol–water partition coefficient (Wildman–Crippen LogP) is 3.47.